The van der Waals surface area contributed by atoms with E-state index >= 15 is 0 Å². The van der Waals surface area contributed by atoms with Crippen LogP contribution in [0.25, 0.3) is 22.4 Å². The van der Waals surface area contributed by atoms with Crippen LogP contribution in [-0.4, -0.2) is 39.2 Å². The molecule has 0 radical (unpaired) electrons. The molecule has 30 heavy (non-hydrogen) atoms. The van der Waals surface area contributed by atoms with Crippen LogP contribution in [0.4, 0.5) is 0 Å². The molecule has 0 saturated carbocycles. The zero-order valence-electron chi connectivity index (χ0n) is 18.4. The van der Waals surface area contributed by atoms with Crippen LogP contribution < -0.4 is 0 Å². The minimum absolute atomic E-state index is 0.00979. The maximum atomic E-state index is 12.5. The van der Waals surface area contributed by atoms with Gasteiger partial charge in [-0.15, -0.1) is 0 Å². The summed E-state index contributed by atoms with van der Waals surface area (Å²) in [6.45, 7) is 11.9. The summed E-state index contributed by atoms with van der Waals surface area (Å²) in [6, 6.07) is 5.90. The quantitative estimate of drug-likeness (QED) is 0.592. The number of piperidine rings is 1. The Morgan fingerprint density at radius 2 is 1.90 bits per heavy atom. The lowest BCUT2D eigenvalue weighted by atomic mass is 9.90. The second-order valence-corrected chi connectivity index (χ2v) is 9.78. The van der Waals surface area contributed by atoms with Gasteiger partial charge in [0, 0.05) is 36.4 Å². The molecular formula is C23H30N4O3. The van der Waals surface area contributed by atoms with Crippen LogP contribution in [-0.2, 0) is 4.79 Å². The van der Waals surface area contributed by atoms with Crippen molar-refractivity contribution in [3.8, 4) is 11.4 Å². The standard InChI is InChI=1S/C23H30N4O3/c1-14(2)20-17-7-6-16(12-18(17)29-25-20)21-24-22(30-26-21)15-8-10-27(11-9-15)19(28)13-23(3,4)5/h6-7,12,14-15H,8-11,13H2,1-5H3. The Morgan fingerprint density at radius 1 is 1.17 bits per heavy atom. The van der Waals surface area contributed by atoms with Gasteiger partial charge in [-0.1, -0.05) is 51.0 Å². The molecule has 160 valence electrons. The first-order chi connectivity index (χ1) is 14.2. The van der Waals surface area contributed by atoms with Gasteiger partial charge in [0.25, 0.3) is 0 Å². The van der Waals surface area contributed by atoms with Crippen molar-refractivity contribution in [1.82, 2.24) is 20.2 Å². The van der Waals surface area contributed by atoms with Crippen LogP contribution in [0.2, 0.25) is 0 Å². The lowest BCUT2D eigenvalue weighted by molar-refractivity contribution is -0.134. The Hall–Kier alpha value is -2.70. The maximum Gasteiger partial charge on any atom is 0.230 e. The molecule has 7 heteroatoms. The molecule has 2 aromatic heterocycles. The van der Waals surface area contributed by atoms with Crippen molar-refractivity contribution >= 4 is 16.9 Å². The second kappa shape index (κ2) is 7.85. The van der Waals surface area contributed by atoms with Gasteiger partial charge in [0.1, 0.15) is 0 Å². The molecule has 1 saturated heterocycles. The highest BCUT2D eigenvalue weighted by atomic mass is 16.5. The minimum atomic E-state index is 0.00979. The number of hydrogen-bond acceptors (Lipinski definition) is 6. The molecule has 0 bridgehead atoms. The monoisotopic (exact) mass is 410 g/mol. The van der Waals surface area contributed by atoms with Gasteiger partial charge in [-0.05, 0) is 36.3 Å². The van der Waals surface area contributed by atoms with E-state index in [0.717, 1.165) is 48.2 Å². The molecule has 3 heterocycles. The van der Waals surface area contributed by atoms with Gasteiger partial charge in [-0.2, -0.15) is 4.98 Å². The average molecular weight is 411 g/mol. The Morgan fingerprint density at radius 3 is 2.57 bits per heavy atom. The molecule has 1 aromatic carbocycles. The van der Waals surface area contributed by atoms with Crippen LogP contribution in [0.15, 0.2) is 27.2 Å². The van der Waals surface area contributed by atoms with Gasteiger partial charge in [0.05, 0.1) is 5.69 Å². The van der Waals surface area contributed by atoms with Crippen molar-refractivity contribution in [2.45, 2.75) is 65.7 Å². The summed E-state index contributed by atoms with van der Waals surface area (Å²) < 4.78 is 11.1. The number of carbonyl (C=O) groups excluding carboxylic acids is 1. The average Bonchev–Trinajstić information content (AvgIpc) is 3.33. The van der Waals surface area contributed by atoms with Gasteiger partial charge >= 0.3 is 0 Å². The van der Waals surface area contributed by atoms with E-state index in [1.807, 2.05) is 23.1 Å². The fraction of sp³-hybridized carbons (Fsp3) is 0.565. The van der Waals surface area contributed by atoms with E-state index in [-0.39, 0.29) is 17.2 Å². The van der Waals surface area contributed by atoms with Crippen molar-refractivity contribution in [2.24, 2.45) is 5.41 Å². The van der Waals surface area contributed by atoms with E-state index in [1.165, 1.54) is 0 Å². The Balaban J connectivity index is 1.44. The minimum Gasteiger partial charge on any atom is -0.356 e. The first-order valence-electron chi connectivity index (χ1n) is 10.7. The fourth-order valence-electron chi connectivity index (χ4n) is 3.97. The lowest BCUT2D eigenvalue weighted by Gasteiger charge is -2.32. The number of benzene rings is 1. The number of hydrogen-bond donors (Lipinski definition) is 0. The van der Waals surface area contributed by atoms with E-state index in [0.29, 0.717) is 24.1 Å². The van der Waals surface area contributed by atoms with Crippen molar-refractivity contribution < 1.29 is 13.8 Å². The predicted octanol–water partition coefficient (Wildman–Crippen LogP) is 5.14. The van der Waals surface area contributed by atoms with Crippen LogP contribution in [0.5, 0.6) is 0 Å². The zero-order chi connectivity index (χ0) is 21.5. The summed E-state index contributed by atoms with van der Waals surface area (Å²) in [4.78, 5) is 19.1. The van der Waals surface area contributed by atoms with Gasteiger partial charge in [-0.25, -0.2) is 0 Å². The molecule has 1 aliphatic heterocycles. The first-order valence-corrected chi connectivity index (χ1v) is 10.7. The maximum absolute atomic E-state index is 12.5. The topological polar surface area (TPSA) is 85.3 Å². The normalized spacial score (nSPS) is 16.0. The van der Waals surface area contributed by atoms with Gasteiger partial charge in [0.2, 0.25) is 17.6 Å². The molecule has 0 N–H and O–H groups in total. The van der Waals surface area contributed by atoms with E-state index in [9.17, 15) is 4.79 Å². The summed E-state index contributed by atoms with van der Waals surface area (Å²) in [7, 11) is 0. The highest BCUT2D eigenvalue weighted by Gasteiger charge is 2.29. The molecule has 0 unspecified atom stereocenters. The smallest absolute Gasteiger partial charge is 0.230 e. The number of likely N-dealkylation sites (tertiary alicyclic amines) is 1. The van der Waals surface area contributed by atoms with Crippen LogP contribution in [0, 0.1) is 5.41 Å². The molecule has 7 nitrogen and oxygen atoms in total. The molecule has 0 atom stereocenters. The first kappa shape index (κ1) is 20.6. The Labute approximate surface area is 176 Å². The van der Waals surface area contributed by atoms with E-state index < -0.39 is 0 Å². The number of nitrogens with zero attached hydrogens (tertiary/aromatic N) is 4. The summed E-state index contributed by atoms with van der Waals surface area (Å²) >= 11 is 0. The van der Waals surface area contributed by atoms with E-state index in [2.05, 4.69) is 49.9 Å². The Kier molecular flexibility index (Phi) is 5.38. The van der Waals surface area contributed by atoms with Crippen LogP contribution in [0.3, 0.4) is 0 Å². The highest BCUT2D eigenvalue weighted by molar-refractivity contribution is 5.84. The fourth-order valence-corrected chi connectivity index (χ4v) is 3.97. The molecule has 1 aliphatic rings. The van der Waals surface area contributed by atoms with Crippen molar-refractivity contribution in [3.05, 3.63) is 29.8 Å². The van der Waals surface area contributed by atoms with Crippen molar-refractivity contribution in [3.63, 3.8) is 0 Å². The number of carbonyl (C=O) groups is 1. The SMILES string of the molecule is CC(C)c1noc2cc(-c3noc(C4CCN(C(=O)CC(C)(C)C)CC4)n3)ccc12. The van der Waals surface area contributed by atoms with Crippen molar-refractivity contribution in [2.75, 3.05) is 13.1 Å². The molecule has 0 spiro atoms. The van der Waals surface area contributed by atoms with Gasteiger partial charge < -0.3 is 13.9 Å². The number of rotatable bonds is 4. The number of aromatic nitrogens is 3. The number of fused-ring (bicyclic) bond motifs is 1. The van der Waals surface area contributed by atoms with Gasteiger partial charge in [-0.3, -0.25) is 4.79 Å². The second-order valence-electron chi connectivity index (χ2n) is 9.78. The summed E-state index contributed by atoms with van der Waals surface area (Å²) in [5.74, 6) is 1.92. The molecule has 3 aromatic rings. The largest absolute Gasteiger partial charge is 0.356 e. The zero-order valence-corrected chi connectivity index (χ0v) is 18.4. The molecule has 4 rings (SSSR count). The third kappa shape index (κ3) is 4.25. The third-order valence-corrected chi connectivity index (χ3v) is 5.63. The summed E-state index contributed by atoms with van der Waals surface area (Å²) in [5.41, 5.74) is 2.55. The van der Waals surface area contributed by atoms with E-state index in [4.69, 9.17) is 9.05 Å². The molecule has 1 amide bonds. The predicted molar refractivity (Wildman–Crippen MR) is 114 cm³/mol. The Bertz CT molecular complexity index is 1040. The summed E-state index contributed by atoms with van der Waals surface area (Å²) in [6.07, 6.45) is 2.26. The number of amides is 1. The molecule has 1 fully saturated rings. The third-order valence-electron chi connectivity index (χ3n) is 5.63. The molecular weight excluding hydrogens is 380 g/mol. The lowest BCUT2D eigenvalue weighted by Crippen LogP contribution is -2.39. The van der Waals surface area contributed by atoms with Gasteiger partial charge in [0.15, 0.2) is 5.58 Å². The van der Waals surface area contributed by atoms with Crippen LogP contribution in [0.1, 0.15) is 77.3 Å². The van der Waals surface area contributed by atoms with Crippen LogP contribution >= 0.6 is 0 Å². The van der Waals surface area contributed by atoms with Crippen molar-refractivity contribution in [1.29, 1.82) is 0 Å². The highest BCUT2D eigenvalue weighted by Crippen LogP contribution is 2.32. The van der Waals surface area contributed by atoms with E-state index in [1.54, 1.807) is 0 Å². The molecule has 0 aliphatic carbocycles. The summed E-state index contributed by atoms with van der Waals surface area (Å²) in [5, 5.41) is 9.38.